The first-order valence-corrected chi connectivity index (χ1v) is 8.27. The van der Waals surface area contributed by atoms with Gasteiger partial charge in [-0.3, -0.25) is 9.59 Å². The molecule has 0 spiro atoms. The lowest BCUT2D eigenvalue weighted by molar-refractivity contribution is -0.137. The minimum Gasteiger partial charge on any atom is -0.489 e. The molecule has 0 atom stereocenters. The molecule has 6 heteroatoms. The number of ether oxygens (including phenoxy) is 1. The van der Waals surface area contributed by atoms with Crippen LogP contribution >= 0.6 is 0 Å². The summed E-state index contributed by atoms with van der Waals surface area (Å²) >= 11 is 0. The van der Waals surface area contributed by atoms with Gasteiger partial charge in [0.05, 0.1) is 0 Å². The number of halogens is 1. The molecular formula is C20H22FNO4. The molecule has 0 unspecified atom stereocenters. The minimum atomic E-state index is -0.899. The van der Waals surface area contributed by atoms with Crippen LogP contribution in [0.5, 0.6) is 5.75 Å². The van der Waals surface area contributed by atoms with Crippen LogP contribution in [-0.2, 0) is 11.4 Å². The van der Waals surface area contributed by atoms with Crippen LogP contribution in [0.2, 0.25) is 0 Å². The van der Waals surface area contributed by atoms with E-state index in [-0.39, 0.29) is 24.8 Å². The van der Waals surface area contributed by atoms with E-state index in [1.165, 1.54) is 12.1 Å². The van der Waals surface area contributed by atoms with Gasteiger partial charge in [-0.2, -0.15) is 0 Å². The second kappa shape index (κ2) is 8.47. The number of carbonyl (C=O) groups excluding carboxylic acids is 1. The fourth-order valence-corrected chi connectivity index (χ4v) is 2.39. The van der Waals surface area contributed by atoms with Crippen LogP contribution in [0, 0.1) is 5.82 Å². The number of hydrogen-bond donors (Lipinski definition) is 2. The predicted octanol–water partition coefficient (Wildman–Crippen LogP) is 3.78. The van der Waals surface area contributed by atoms with Crippen molar-refractivity contribution < 1.29 is 23.8 Å². The number of rotatable bonds is 8. The Morgan fingerprint density at radius 1 is 1.15 bits per heavy atom. The van der Waals surface area contributed by atoms with Crippen molar-refractivity contribution in [3.8, 4) is 5.75 Å². The molecule has 0 saturated carbocycles. The van der Waals surface area contributed by atoms with Crippen molar-refractivity contribution in [2.45, 2.75) is 38.8 Å². The molecule has 0 aromatic heterocycles. The number of carboxylic acids is 1. The van der Waals surface area contributed by atoms with Gasteiger partial charge in [0.25, 0.3) is 5.91 Å². The zero-order chi connectivity index (χ0) is 19.2. The summed E-state index contributed by atoms with van der Waals surface area (Å²) in [6.07, 6.45) is 0.311. The molecule has 5 nitrogen and oxygen atoms in total. The van der Waals surface area contributed by atoms with Gasteiger partial charge < -0.3 is 15.2 Å². The average Bonchev–Trinajstić information content (AvgIpc) is 2.58. The lowest BCUT2D eigenvalue weighted by Gasteiger charge is -2.25. The third-order valence-electron chi connectivity index (χ3n) is 3.81. The smallest absolute Gasteiger partial charge is 0.303 e. The van der Waals surface area contributed by atoms with Crippen molar-refractivity contribution in [1.82, 2.24) is 5.32 Å². The van der Waals surface area contributed by atoms with Gasteiger partial charge in [0.1, 0.15) is 18.2 Å². The highest BCUT2D eigenvalue weighted by molar-refractivity contribution is 5.94. The summed E-state index contributed by atoms with van der Waals surface area (Å²) in [5, 5.41) is 11.6. The van der Waals surface area contributed by atoms with Gasteiger partial charge in [-0.25, -0.2) is 4.39 Å². The minimum absolute atomic E-state index is 0.0191. The fourth-order valence-electron chi connectivity index (χ4n) is 2.39. The highest BCUT2D eigenvalue weighted by Gasteiger charge is 2.22. The fraction of sp³-hybridized carbons (Fsp3) is 0.300. The van der Waals surface area contributed by atoms with Crippen molar-refractivity contribution >= 4 is 11.9 Å². The molecule has 138 valence electrons. The first-order chi connectivity index (χ1) is 12.2. The van der Waals surface area contributed by atoms with Crippen LogP contribution in [0.15, 0.2) is 48.5 Å². The molecule has 0 aliphatic carbocycles. The van der Waals surface area contributed by atoms with Crippen LogP contribution in [-0.4, -0.2) is 22.5 Å². The largest absolute Gasteiger partial charge is 0.489 e. The molecule has 0 saturated heterocycles. The Labute approximate surface area is 151 Å². The van der Waals surface area contributed by atoms with Crippen LogP contribution in [0.4, 0.5) is 4.39 Å². The lowest BCUT2D eigenvalue weighted by atomic mass is 9.97. The van der Waals surface area contributed by atoms with Gasteiger partial charge in [-0.15, -0.1) is 0 Å². The Hall–Kier alpha value is -2.89. The van der Waals surface area contributed by atoms with Gasteiger partial charge in [-0.05, 0) is 50.1 Å². The van der Waals surface area contributed by atoms with Crippen molar-refractivity contribution in [1.29, 1.82) is 0 Å². The highest BCUT2D eigenvalue weighted by atomic mass is 19.1. The summed E-state index contributed by atoms with van der Waals surface area (Å²) in [5.41, 5.74) is 0.586. The van der Waals surface area contributed by atoms with Crippen molar-refractivity contribution in [3.05, 3.63) is 65.5 Å². The summed E-state index contributed by atoms with van der Waals surface area (Å²) in [7, 11) is 0. The number of amides is 1. The predicted molar refractivity (Wildman–Crippen MR) is 95.6 cm³/mol. The summed E-state index contributed by atoms with van der Waals surface area (Å²) in [6, 6.07) is 12.8. The Kier molecular flexibility index (Phi) is 6.33. The maximum absolute atomic E-state index is 13.2. The maximum Gasteiger partial charge on any atom is 0.303 e. The molecule has 0 aliphatic rings. The van der Waals surface area contributed by atoms with E-state index in [0.717, 1.165) is 5.56 Å². The monoisotopic (exact) mass is 359 g/mol. The molecule has 1 amide bonds. The van der Waals surface area contributed by atoms with E-state index in [9.17, 15) is 14.0 Å². The normalized spacial score (nSPS) is 11.0. The van der Waals surface area contributed by atoms with Crippen molar-refractivity contribution in [3.63, 3.8) is 0 Å². The number of benzene rings is 2. The molecule has 26 heavy (non-hydrogen) atoms. The van der Waals surface area contributed by atoms with E-state index in [2.05, 4.69) is 5.32 Å². The van der Waals surface area contributed by atoms with Crippen LogP contribution < -0.4 is 10.1 Å². The van der Waals surface area contributed by atoms with Gasteiger partial charge in [-0.1, -0.05) is 18.2 Å². The van der Waals surface area contributed by atoms with E-state index in [4.69, 9.17) is 9.84 Å². The SMILES string of the molecule is CC(C)(CCC(=O)O)NC(=O)c1cccc(COc2cccc(F)c2)c1. The lowest BCUT2D eigenvalue weighted by Crippen LogP contribution is -2.43. The second-order valence-electron chi connectivity index (χ2n) is 6.68. The van der Waals surface area contributed by atoms with E-state index in [0.29, 0.717) is 17.7 Å². The first kappa shape index (κ1) is 19.4. The molecule has 2 N–H and O–H groups in total. The first-order valence-electron chi connectivity index (χ1n) is 8.27. The molecule has 0 heterocycles. The summed E-state index contributed by atoms with van der Waals surface area (Å²) < 4.78 is 18.7. The number of carbonyl (C=O) groups is 2. The zero-order valence-electron chi connectivity index (χ0n) is 14.8. The van der Waals surface area contributed by atoms with Gasteiger partial charge >= 0.3 is 5.97 Å². The molecule has 2 aromatic carbocycles. The quantitative estimate of drug-likeness (QED) is 0.752. The number of nitrogens with one attached hydrogen (secondary N) is 1. The zero-order valence-corrected chi connectivity index (χ0v) is 14.8. The topological polar surface area (TPSA) is 75.6 Å². The maximum atomic E-state index is 13.2. The molecule has 0 radical (unpaired) electrons. The molecular weight excluding hydrogens is 337 g/mol. The average molecular weight is 359 g/mol. The van der Waals surface area contributed by atoms with E-state index in [1.54, 1.807) is 44.2 Å². The highest BCUT2D eigenvalue weighted by Crippen LogP contribution is 2.16. The van der Waals surface area contributed by atoms with Crippen LogP contribution in [0.25, 0.3) is 0 Å². The van der Waals surface area contributed by atoms with Crippen molar-refractivity contribution in [2.75, 3.05) is 0 Å². The van der Waals surface area contributed by atoms with Crippen LogP contribution in [0.3, 0.4) is 0 Å². The summed E-state index contributed by atoms with van der Waals surface area (Å²) in [5.74, 6) is -1.15. The molecule has 0 fully saturated rings. The third kappa shape index (κ3) is 6.20. The standard InChI is InChI=1S/C20H22FNO4/c1-20(2,10-9-18(23)24)22-19(25)15-6-3-5-14(11-15)13-26-17-8-4-7-16(21)12-17/h3-8,11-12H,9-10,13H2,1-2H3,(H,22,25)(H,23,24). The van der Waals surface area contributed by atoms with Gasteiger partial charge in [0, 0.05) is 23.6 Å². The molecule has 0 bridgehead atoms. The second-order valence-corrected chi connectivity index (χ2v) is 6.68. The Morgan fingerprint density at radius 2 is 1.88 bits per heavy atom. The number of carboxylic acid groups (broad SMARTS) is 1. The van der Waals surface area contributed by atoms with Crippen LogP contribution in [0.1, 0.15) is 42.6 Å². The summed E-state index contributed by atoms with van der Waals surface area (Å²) in [4.78, 5) is 23.1. The Balaban J connectivity index is 1.99. The Bertz CT molecular complexity index is 789. The van der Waals surface area contributed by atoms with E-state index < -0.39 is 11.5 Å². The summed E-state index contributed by atoms with van der Waals surface area (Å²) in [6.45, 7) is 3.77. The molecule has 2 rings (SSSR count). The number of aliphatic carboxylic acids is 1. The van der Waals surface area contributed by atoms with Gasteiger partial charge in [0.15, 0.2) is 0 Å². The van der Waals surface area contributed by atoms with Gasteiger partial charge in [0.2, 0.25) is 0 Å². The van der Waals surface area contributed by atoms with E-state index >= 15 is 0 Å². The molecule has 0 aliphatic heterocycles. The van der Waals surface area contributed by atoms with Crippen molar-refractivity contribution in [2.24, 2.45) is 0 Å². The third-order valence-corrected chi connectivity index (χ3v) is 3.81. The van der Waals surface area contributed by atoms with E-state index in [1.807, 2.05) is 6.07 Å². The molecule has 2 aromatic rings. The number of hydrogen-bond acceptors (Lipinski definition) is 3. The Morgan fingerprint density at radius 3 is 2.58 bits per heavy atom.